The van der Waals surface area contributed by atoms with E-state index in [0.29, 0.717) is 26.2 Å². The molecule has 0 bridgehead atoms. The van der Waals surface area contributed by atoms with E-state index in [-0.39, 0.29) is 4.90 Å². The summed E-state index contributed by atoms with van der Waals surface area (Å²) in [5.74, 6) is -0.547. The zero-order valence-corrected chi connectivity index (χ0v) is 18.6. The molecule has 30 heavy (non-hydrogen) atoms. The van der Waals surface area contributed by atoms with Crippen LogP contribution in [-0.4, -0.2) is 43.9 Å². The quantitative estimate of drug-likeness (QED) is 0.596. The third kappa shape index (κ3) is 4.55. The fourth-order valence-electron chi connectivity index (χ4n) is 3.80. The lowest BCUT2D eigenvalue weighted by atomic mass is 10.0. The van der Waals surface area contributed by atoms with Gasteiger partial charge < -0.3 is 4.90 Å². The molecule has 8 heteroatoms. The van der Waals surface area contributed by atoms with Crippen LogP contribution in [0.5, 0.6) is 0 Å². The van der Waals surface area contributed by atoms with Crippen LogP contribution in [0.3, 0.4) is 0 Å². The highest BCUT2D eigenvalue weighted by Gasteiger charge is 2.29. The molecule has 1 aromatic heterocycles. The molecule has 0 unspecified atom stereocenters. The van der Waals surface area contributed by atoms with Crippen LogP contribution in [0, 0.1) is 19.7 Å². The van der Waals surface area contributed by atoms with Gasteiger partial charge in [0.25, 0.3) is 0 Å². The van der Waals surface area contributed by atoms with Gasteiger partial charge in [0.15, 0.2) is 5.13 Å². The molecule has 158 valence electrons. The average Bonchev–Trinajstić information content (AvgIpc) is 3.16. The molecule has 2 aromatic carbocycles. The summed E-state index contributed by atoms with van der Waals surface area (Å²) in [7, 11) is -3.68. The number of aromatic nitrogens is 1. The van der Waals surface area contributed by atoms with Gasteiger partial charge in [0, 0.05) is 38.0 Å². The zero-order valence-electron chi connectivity index (χ0n) is 17.0. The lowest BCUT2D eigenvalue weighted by molar-refractivity contribution is 0.384. The molecule has 0 aliphatic carbocycles. The predicted octanol–water partition coefficient (Wildman–Crippen LogP) is 4.00. The van der Waals surface area contributed by atoms with E-state index in [2.05, 4.69) is 42.3 Å². The molecule has 3 aromatic rings. The van der Waals surface area contributed by atoms with Crippen LogP contribution in [0.4, 0.5) is 9.52 Å². The van der Waals surface area contributed by atoms with Gasteiger partial charge in [-0.3, -0.25) is 0 Å². The van der Waals surface area contributed by atoms with Crippen LogP contribution in [0.15, 0.2) is 52.7 Å². The van der Waals surface area contributed by atoms with Crippen molar-refractivity contribution in [2.75, 3.05) is 31.1 Å². The fourth-order valence-corrected chi connectivity index (χ4v) is 6.13. The Balaban J connectivity index is 1.41. The van der Waals surface area contributed by atoms with Crippen LogP contribution >= 0.6 is 11.3 Å². The van der Waals surface area contributed by atoms with E-state index in [1.165, 1.54) is 39.2 Å². The van der Waals surface area contributed by atoms with E-state index in [4.69, 9.17) is 4.98 Å². The molecule has 0 saturated carbocycles. The molecular formula is C22H24FN3O2S2. The Bertz CT molecular complexity index is 1130. The summed E-state index contributed by atoms with van der Waals surface area (Å²) in [4.78, 5) is 6.89. The number of hydrogen-bond acceptors (Lipinski definition) is 5. The number of hydrogen-bond donors (Lipinski definition) is 0. The lowest BCUT2D eigenvalue weighted by Crippen LogP contribution is -2.48. The first kappa shape index (κ1) is 21.0. The minimum atomic E-state index is -3.68. The number of aryl methyl sites for hydroxylation is 2. The number of benzene rings is 2. The van der Waals surface area contributed by atoms with E-state index in [1.54, 1.807) is 11.3 Å². The van der Waals surface area contributed by atoms with Crippen molar-refractivity contribution in [2.45, 2.75) is 25.2 Å². The van der Waals surface area contributed by atoms with Gasteiger partial charge in [-0.15, -0.1) is 11.3 Å². The molecule has 0 spiro atoms. The molecular weight excluding hydrogens is 421 g/mol. The third-order valence-corrected chi connectivity index (χ3v) is 7.99. The van der Waals surface area contributed by atoms with E-state index >= 15 is 0 Å². The molecule has 0 amide bonds. The predicted molar refractivity (Wildman–Crippen MR) is 118 cm³/mol. The lowest BCUT2D eigenvalue weighted by Gasteiger charge is -2.33. The van der Waals surface area contributed by atoms with Gasteiger partial charge in [-0.2, -0.15) is 4.31 Å². The second kappa shape index (κ2) is 8.45. The molecule has 1 aliphatic rings. The second-order valence-corrected chi connectivity index (χ2v) is 10.4. The molecule has 0 atom stereocenters. The first-order valence-corrected chi connectivity index (χ1v) is 12.2. The minimum Gasteiger partial charge on any atom is -0.345 e. The first-order chi connectivity index (χ1) is 14.3. The Kier molecular flexibility index (Phi) is 5.90. The van der Waals surface area contributed by atoms with E-state index < -0.39 is 15.8 Å². The van der Waals surface area contributed by atoms with Crippen LogP contribution in [0.1, 0.15) is 22.4 Å². The normalized spacial score (nSPS) is 15.5. The van der Waals surface area contributed by atoms with Crippen LogP contribution in [0.2, 0.25) is 0 Å². The highest BCUT2D eigenvalue weighted by Crippen LogP contribution is 2.26. The molecule has 0 N–H and O–H groups in total. The molecule has 1 fully saturated rings. The number of rotatable bonds is 5. The molecule has 4 rings (SSSR count). The first-order valence-electron chi connectivity index (χ1n) is 9.83. The number of thiazole rings is 1. The van der Waals surface area contributed by atoms with Crippen molar-refractivity contribution < 1.29 is 12.8 Å². The SMILES string of the molecule is Cc1cc(C)cc(Cc2csc(N3CCN(S(=O)(=O)c4cccc(F)c4)CC3)n2)c1. The number of nitrogens with zero attached hydrogens (tertiary/aromatic N) is 3. The summed E-state index contributed by atoms with van der Waals surface area (Å²) in [6, 6.07) is 11.7. The standard InChI is InChI=1S/C22H24FN3O2S2/c1-16-10-17(2)12-18(11-16)13-20-15-29-22(24-20)25-6-8-26(9-7-25)30(27,28)21-5-3-4-19(23)14-21/h3-5,10-12,14-15H,6-9,13H2,1-2H3. The van der Waals surface area contributed by atoms with Crippen molar-refractivity contribution >= 4 is 26.5 Å². The summed E-state index contributed by atoms with van der Waals surface area (Å²) in [6.07, 6.45) is 0.785. The van der Waals surface area contributed by atoms with Crippen molar-refractivity contribution in [3.8, 4) is 0 Å². The van der Waals surface area contributed by atoms with Crippen molar-refractivity contribution in [1.29, 1.82) is 0 Å². The Labute approximate surface area is 180 Å². The van der Waals surface area contributed by atoms with E-state index in [9.17, 15) is 12.8 Å². The van der Waals surface area contributed by atoms with Crippen LogP contribution in [-0.2, 0) is 16.4 Å². The van der Waals surface area contributed by atoms with Crippen molar-refractivity contribution in [3.05, 3.63) is 76.0 Å². The molecule has 5 nitrogen and oxygen atoms in total. The van der Waals surface area contributed by atoms with Crippen LogP contribution in [0.25, 0.3) is 0 Å². The number of sulfonamides is 1. The Hall–Kier alpha value is -2.29. The van der Waals surface area contributed by atoms with Crippen LogP contribution < -0.4 is 4.90 Å². The topological polar surface area (TPSA) is 53.5 Å². The van der Waals surface area contributed by atoms with E-state index in [0.717, 1.165) is 23.3 Å². The number of halogens is 1. The maximum atomic E-state index is 13.5. The molecule has 0 radical (unpaired) electrons. The van der Waals surface area contributed by atoms with Crippen molar-refractivity contribution in [2.24, 2.45) is 0 Å². The summed E-state index contributed by atoms with van der Waals surface area (Å²) in [6.45, 7) is 6.02. The summed E-state index contributed by atoms with van der Waals surface area (Å²) < 4.78 is 40.4. The van der Waals surface area contributed by atoms with Gasteiger partial charge in [-0.1, -0.05) is 35.4 Å². The average molecular weight is 446 g/mol. The maximum absolute atomic E-state index is 13.5. The number of piperazine rings is 1. The van der Waals surface area contributed by atoms with E-state index in [1.807, 2.05) is 0 Å². The Morgan fingerprint density at radius 3 is 2.40 bits per heavy atom. The number of anilines is 1. The highest BCUT2D eigenvalue weighted by molar-refractivity contribution is 7.89. The summed E-state index contributed by atoms with van der Waals surface area (Å²) >= 11 is 1.59. The van der Waals surface area contributed by atoms with Gasteiger partial charge in [0.1, 0.15) is 5.82 Å². The molecule has 1 aliphatic heterocycles. The zero-order chi connectivity index (χ0) is 21.3. The second-order valence-electron chi connectivity index (χ2n) is 7.64. The van der Waals surface area contributed by atoms with Crippen molar-refractivity contribution in [3.63, 3.8) is 0 Å². The van der Waals surface area contributed by atoms with Gasteiger partial charge in [0.05, 0.1) is 10.6 Å². The van der Waals surface area contributed by atoms with Gasteiger partial charge >= 0.3 is 0 Å². The van der Waals surface area contributed by atoms with Crippen molar-refractivity contribution in [1.82, 2.24) is 9.29 Å². The fraction of sp³-hybridized carbons (Fsp3) is 0.318. The molecule has 2 heterocycles. The largest absolute Gasteiger partial charge is 0.345 e. The van der Waals surface area contributed by atoms with Gasteiger partial charge in [0.2, 0.25) is 10.0 Å². The summed E-state index contributed by atoms with van der Waals surface area (Å²) in [5, 5.41) is 2.99. The smallest absolute Gasteiger partial charge is 0.243 e. The summed E-state index contributed by atoms with van der Waals surface area (Å²) in [5.41, 5.74) is 4.76. The van der Waals surface area contributed by atoms with Gasteiger partial charge in [-0.25, -0.2) is 17.8 Å². The molecule has 1 saturated heterocycles. The highest BCUT2D eigenvalue weighted by atomic mass is 32.2. The Morgan fingerprint density at radius 1 is 1.03 bits per heavy atom. The maximum Gasteiger partial charge on any atom is 0.243 e. The third-order valence-electron chi connectivity index (χ3n) is 5.15. The van der Waals surface area contributed by atoms with Gasteiger partial charge in [-0.05, 0) is 37.6 Å². The minimum absolute atomic E-state index is 0.000864. The Morgan fingerprint density at radius 2 is 1.73 bits per heavy atom. The monoisotopic (exact) mass is 445 g/mol.